The van der Waals surface area contributed by atoms with Crippen LogP contribution < -0.4 is 51.2 Å². The second-order valence-corrected chi connectivity index (χ2v) is 20.3. The van der Waals surface area contributed by atoms with E-state index >= 15 is 0 Å². The van der Waals surface area contributed by atoms with Crippen molar-refractivity contribution in [1.82, 2.24) is 26.6 Å². The van der Waals surface area contributed by atoms with Crippen molar-refractivity contribution < 1.29 is 57.7 Å². The molecule has 0 radical (unpaired) electrons. The number of carbonyl (C=O) groups is 8. The van der Waals surface area contributed by atoms with Crippen LogP contribution in [0, 0.1) is 6.92 Å². The number of hydrogen-bond acceptors (Lipinski definition) is 13. The van der Waals surface area contributed by atoms with Gasteiger partial charge >= 0.3 is 0 Å². The van der Waals surface area contributed by atoms with E-state index in [9.17, 15) is 43.5 Å². The molecule has 8 rings (SSSR count). The quantitative estimate of drug-likeness (QED) is 0.0221. The summed E-state index contributed by atoms with van der Waals surface area (Å²) >= 11 is 6.43. The number of aromatic hydroxyl groups is 1. The zero-order valence-electron chi connectivity index (χ0n) is 45.5. The van der Waals surface area contributed by atoms with Crippen molar-refractivity contribution in [2.75, 3.05) is 67.6 Å². The van der Waals surface area contributed by atoms with E-state index in [1.165, 1.54) is 14.0 Å². The third kappa shape index (κ3) is 14.3. The number of phenols is 1. The van der Waals surface area contributed by atoms with Crippen LogP contribution in [0.4, 0.5) is 22.7 Å². The molecule has 4 atom stereocenters. The Balaban J connectivity index is 0.795. The van der Waals surface area contributed by atoms with Crippen molar-refractivity contribution in [3.8, 4) is 17.2 Å². The third-order valence-electron chi connectivity index (χ3n) is 14.2. The number of halogens is 1. The SMILES string of the molecule is CCCC(=O)NCC(=O)NCC(=O)N[C@@H](Cc1ccccc1)C(=O)NCC(=O)NCO[C@@H](C)C(=O)Nc1ccc2c(c1)N1C(=O)c3cc(OC)c(OCCCCC(=O)N4C[C@@H](CCl)c5c4cc(O)c4cccc(C)c54)cc3N=C[C@@H]1C2. The first kappa shape index (κ1) is 58.6. The summed E-state index contributed by atoms with van der Waals surface area (Å²) in [6, 6.07) is 23.3. The predicted molar refractivity (Wildman–Crippen MR) is 306 cm³/mol. The Hall–Kier alpha value is -8.56. The molecule has 0 saturated carbocycles. The number of hydrogen-bond donors (Lipinski definition) is 7. The van der Waals surface area contributed by atoms with Crippen LogP contribution in [0.3, 0.4) is 0 Å². The molecule has 426 valence electrons. The van der Waals surface area contributed by atoms with Gasteiger partial charge in [-0.15, -0.1) is 11.6 Å². The predicted octanol–water partition coefficient (Wildman–Crippen LogP) is 5.36. The lowest BCUT2D eigenvalue weighted by Crippen LogP contribution is -2.52. The topological polar surface area (TPSA) is 276 Å². The van der Waals surface area contributed by atoms with Crippen molar-refractivity contribution in [3.05, 3.63) is 113 Å². The Morgan fingerprint density at radius 2 is 1.57 bits per heavy atom. The average molecular weight is 1130 g/mol. The van der Waals surface area contributed by atoms with Gasteiger partial charge in [-0.05, 0) is 78.9 Å². The number of anilines is 3. The fourth-order valence-electron chi connectivity index (χ4n) is 10.0. The highest BCUT2D eigenvalue weighted by Crippen LogP contribution is 2.47. The van der Waals surface area contributed by atoms with Crippen LogP contribution in [0.15, 0.2) is 89.9 Å². The molecule has 21 nitrogen and oxygen atoms in total. The summed E-state index contributed by atoms with van der Waals surface area (Å²) in [6.07, 6.45) is 3.43. The second-order valence-electron chi connectivity index (χ2n) is 19.9. The molecular weight excluding hydrogens is 1060 g/mol. The standard InChI is InChI=1S/C59H66ClN9O12/c1-5-12-50(71)62-29-51(72)63-31-53(74)67-44(21-36-14-7-6-8-15-36)58(77)64-30-52(73)65-33-81-35(3)57(76)66-39-19-18-37-22-40-28-61-43-25-49(48(79-4)24-42(43)59(78)69(40)45(37)23-39)80-20-10-9-17-54(75)68-32-38(27-60)56-46(68)26-47(70)41-16-11-13-34(2)55(41)56/h6-8,11,13-16,18-19,23-26,28,35,38,40,44,70H,5,9-10,12,17,20-22,27,29-33H2,1-4H3,(H,62,71)(H,63,72)(H,64,77)(H,65,73)(H,66,76)(H,67,74)/t35-,38+,40-,44-/m0/s1. The van der Waals surface area contributed by atoms with Crippen LogP contribution >= 0.6 is 11.6 Å². The number of phenolic OH excluding ortho intramolecular Hbond substituents is 1. The molecule has 0 unspecified atom stereocenters. The molecule has 5 aromatic rings. The summed E-state index contributed by atoms with van der Waals surface area (Å²) in [5, 5.41) is 27.8. The molecule has 0 saturated heterocycles. The van der Waals surface area contributed by atoms with Crippen molar-refractivity contribution >= 4 is 98.6 Å². The molecule has 0 fully saturated rings. The minimum absolute atomic E-state index is 0.0653. The summed E-state index contributed by atoms with van der Waals surface area (Å²) in [5.41, 5.74) is 5.92. The van der Waals surface area contributed by atoms with E-state index in [2.05, 4.69) is 31.9 Å². The van der Waals surface area contributed by atoms with Crippen LogP contribution in [-0.4, -0.2) is 129 Å². The average Bonchev–Trinajstić information content (AvgIpc) is 4.15. The van der Waals surface area contributed by atoms with E-state index in [1.807, 2.05) is 38.1 Å². The van der Waals surface area contributed by atoms with Crippen molar-refractivity contribution in [2.24, 2.45) is 4.99 Å². The van der Waals surface area contributed by atoms with E-state index < -0.39 is 60.8 Å². The summed E-state index contributed by atoms with van der Waals surface area (Å²) in [6.45, 7) is 4.39. The zero-order chi connectivity index (χ0) is 57.7. The summed E-state index contributed by atoms with van der Waals surface area (Å²) in [7, 11) is 1.48. The molecule has 3 heterocycles. The zero-order valence-corrected chi connectivity index (χ0v) is 46.3. The number of nitrogens with one attached hydrogen (secondary N) is 6. The largest absolute Gasteiger partial charge is 0.507 e. The third-order valence-corrected chi connectivity index (χ3v) is 14.6. The van der Waals surface area contributed by atoms with Crippen molar-refractivity contribution in [3.63, 3.8) is 0 Å². The van der Waals surface area contributed by atoms with Gasteiger partial charge in [0, 0.05) is 73.4 Å². The van der Waals surface area contributed by atoms with E-state index in [0.717, 1.165) is 33.0 Å². The Morgan fingerprint density at radius 1 is 0.815 bits per heavy atom. The lowest BCUT2D eigenvalue weighted by atomic mass is 9.92. The lowest BCUT2D eigenvalue weighted by Gasteiger charge is -2.22. The molecule has 5 aromatic carbocycles. The van der Waals surface area contributed by atoms with Crippen LogP contribution in [0.1, 0.15) is 84.5 Å². The normalized spacial score (nSPS) is 15.5. The first-order chi connectivity index (χ1) is 39.1. The minimum Gasteiger partial charge on any atom is -0.507 e. The number of unbranched alkanes of at least 4 members (excludes halogenated alkanes) is 1. The Morgan fingerprint density at radius 3 is 2.33 bits per heavy atom. The molecule has 3 aliphatic heterocycles. The highest BCUT2D eigenvalue weighted by molar-refractivity contribution is 6.19. The number of fused-ring (bicyclic) bond motifs is 7. The van der Waals surface area contributed by atoms with Crippen LogP contribution in [0.25, 0.3) is 10.8 Å². The van der Waals surface area contributed by atoms with Gasteiger partial charge in [-0.25, -0.2) is 0 Å². The Labute approximate surface area is 473 Å². The van der Waals surface area contributed by atoms with Gasteiger partial charge in [0.1, 0.15) is 24.6 Å². The number of benzene rings is 5. The molecular formula is C59H66ClN9O12. The number of nitrogens with zero attached hydrogens (tertiary/aromatic N) is 3. The monoisotopic (exact) mass is 1130 g/mol. The summed E-state index contributed by atoms with van der Waals surface area (Å²) in [5.74, 6) is -2.67. The van der Waals surface area contributed by atoms with E-state index in [1.54, 1.807) is 76.7 Å². The smallest absolute Gasteiger partial charge is 0.261 e. The van der Waals surface area contributed by atoms with Gasteiger partial charge in [0.2, 0.25) is 35.4 Å². The highest BCUT2D eigenvalue weighted by atomic mass is 35.5. The Kier molecular flexibility index (Phi) is 19.6. The van der Waals surface area contributed by atoms with Crippen LogP contribution in [-0.2, 0) is 51.1 Å². The number of alkyl halides is 1. The fourth-order valence-corrected chi connectivity index (χ4v) is 10.3. The first-order valence-electron chi connectivity index (χ1n) is 26.9. The molecule has 0 bridgehead atoms. The fraction of sp³-hybridized carbons (Fsp3) is 0.373. The number of methoxy groups -OCH3 is 1. The molecule has 0 aliphatic carbocycles. The second kappa shape index (κ2) is 27.1. The van der Waals surface area contributed by atoms with Gasteiger partial charge < -0.3 is 56.1 Å². The maximum absolute atomic E-state index is 14.4. The number of amides is 8. The van der Waals surface area contributed by atoms with Crippen molar-refractivity contribution in [1.29, 1.82) is 0 Å². The molecule has 7 N–H and O–H groups in total. The molecule has 8 amide bonds. The van der Waals surface area contributed by atoms with Gasteiger partial charge in [-0.1, -0.05) is 61.5 Å². The van der Waals surface area contributed by atoms with Crippen molar-refractivity contribution in [2.45, 2.75) is 89.8 Å². The molecule has 81 heavy (non-hydrogen) atoms. The van der Waals surface area contributed by atoms with E-state index in [0.29, 0.717) is 72.4 Å². The molecule has 0 spiro atoms. The summed E-state index contributed by atoms with van der Waals surface area (Å²) < 4.78 is 17.5. The molecule has 3 aliphatic rings. The van der Waals surface area contributed by atoms with Gasteiger partial charge in [0.15, 0.2) is 11.5 Å². The maximum Gasteiger partial charge on any atom is 0.261 e. The number of aliphatic imine (C=N–C) groups is 1. The highest BCUT2D eigenvalue weighted by Gasteiger charge is 2.38. The van der Waals surface area contributed by atoms with Gasteiger partial charge in [-0.3, -0.25) is 48.2 Å². The Bertz CT molecular complexity index is 3250. The van der Waals surface area contributed by atoms with Crippen LogP contribution in [0.5, 0.6) is 17.2 Å². The van der Waals surface area contributed by atoms with E-state index in [4.69, 9.17) is 30.8 Å². The van der Waals surface area contributed by atoms with Gasteiger partial charge in [0.25, 0.3) is 11.8 Å². The first-order valence-corrected chi connectivity index (χ1v) is 27.4. The number of rotatable bonds is 25. The number of ether oxygens (including phenoxy) is 3. The van der Waals surface area contributed by atoms with Gasteiger partial charge in [-0.2, -0.15) is 0 Å². The molecule has 0 aromatic heterocycles. The lowest BCUT2D eigenvalue weighted by molar-refractivity contribution is -0.132. The number of aryl methyl sites for hydroxylation is 1. The van der Waals surface area contributed by atoms with Crippen LogP contribution in [0.2, 0.25) is 0 Å². The minimum atomic E-state index is -1.11. The van der Waals surface area contributed by atoms with Gasteiger partial charge in [0.05, 0.1) is 62.0 Å². The summed E-state index contributed by atoms with van der Waals surface area (Å²) in [4.78, 5) is 112. The maximum atomic E-state index is 14.4. The van der Waals surface area contributed by atoms with E-state index in [-0.39, 0.29) is 74.1 Å². The molecule has 22 heteroatoms. The number of carbonyl (C=O) groups excluding carboxylic acids is 8.